The molecule has 0 radical (unpaired) electrons. The molecule has 2 aliphatic rings. The highest BCUT2D eigenvalue weighted by atomic mass is 14.3. The lowest BCUT2D eigenvalue weighted by atomic mass is 9.95. The fraction of sp³-hybridized carbons (Fsp3) is 0.778. The van der Waals surface area contributed by atoms with E-state index in [1.807, 2.05) is 0 Å². The van der Waals surface area contributed by atoms with E-state index in [0.29, 0.717) is 0 Å². The third-order valence-corrected chi connectivity index (χ3v) is 5.02. The highest BCUT2D eigenvalue weighted by Gasteiger charge is 2.21. The summed E-state index contributed by atoms with van der Waals surface area (Å²) in [4.78, 5) is 0. The van der Waals surface area contributed by atoms with Crippen molar-refractivity contribution in [2.24, 2.45) is 23.7 Å². The molecule has 0 unspecified atom stereocenters. The van der Waals surface area contributed by atoms with Crippen LogP contribution in [0.4, 0.5) is 0 Å². The molecule has 0 heterocycles. The summed E-state index contributed by atoms with van der Waals surface area (Å²) in [5.74, 6) is 3.84. The summed E-state index contributed by atoms with van der Waals surface area (Å²) in [5.41, 5.74) is 0. The Morgan fingerprint density at radius 2 is 1.17 bits per heavy atom. The average molecular weight is 248 g/mol. The van der Waals surface area contributed by atoms with Crippen LogP contribution in [0.2, 0.25) is 0 Å². The predicted molar refractivity (Wildman–Crippen MR) is 82.6 cm³/mol. The lowest BCUT2D eigenvalue weighted by Gasteiger charge is -2.10. The van der Waals surface area contributed by atoms with Gasteiger partial charge in [0.2, 0.25) is 0 Å². The van der Waals surface area contributed by atoms with Crippen molar-refractivity contribution in [3.8, 4) is 0 Å². The van der Waals surface area contributed by atoms with E-state index >= 15 is 0 Å². The molecule has 0 saturated heterocycles. The SMILES string of the molecule is C=CC[C@@H]1CCC[C@@H]1C.C=CC[C@H]1CCC[C@H]1C. The van der Waals surface area contributed by atoms with Crippen molar-refractivity contribution in [1.82, 2.24) is 0 Å². The van der Waals surface area contributed by atoms with Gasteiger partial charge < -0.3 is 0 Å². The summed E-state index contributed by atoms with van der Waals surface area (Å²) in [5, 5.41) is 0. The minimum Gasteiger partial charge on any atom is -0.103 e. The molecule has 0 aromatic carbocycles. The normalized spacial score (nSPS) is 34.8. The van der Waals surface area contributed by atoms with Crippen LogP contribution in [0.25, 0.3) is 0 Å². The van der Waals surface area contributed by atoms with Crippen LogP contribution in [0.1, 0.15) is 65.2 Å². The Morgan fingerprint density at radius 1 is 0.778 bits per heavy atom. The molecular formula is C18H32. The highest BCUT2D eigenvalue weighted by Crippen LogP contribution is 2.34. The van der Waals surface area contributed by atoms with E-state index in [0.717, 1.165) is 23.7 Å². The zero-order chi connectivity index (χ0) is 13.4. The van der Waals surface area contributed by atoms with Gasteiger partial charge in [0.1, 0.15) is 0 Å². The van der Waals surface area contributed by atoms with Gasteiger partial charge in [0.05, 0.1) is 0 Å². The second kappa shape index (κ2) is 8.56. The molecule has 0 aromatic heterocycles. The first-order valence-electron chi connectivity index (χ1n) is 7.90. The van der Waals surface area contributed by atoms with Gasteiger partial charge in [-0.2, -0.15) is 0 Å². The first kappa shape index (κ1) is 15.5. The van der Waals surface area contributed by atoms with Gasteiger partial charge in [0.15, 0.2) is 0 Å². The third kappa shape index (κ3) is 5.00. The Labute approximate surface area is 115 Å². The molecule has 0 spiro atoms. The number of hydrogen-bond acceptors (Lipinski definition) is 0. The van der Waals surface area contributed by atoms with Crippen LogP contribution in [0.3, 0.4) is 0 Å². The number of allylic oxidation sites excluding steroid dienone is 2. The predicted octanol–water partition coefficient (Wildman–Crippen LogP) is 6.00. The van der Waals surface area contributed by atoms with E-state index in [1.165, 1.54) is 51.4 Å². The quantitative estimate of drug-likeness (QED) is 0.535. The molecule has 0 amide bonds. The van der Waals surface area contributed by atoms with E-state index in [4.69, 9.17) is 0 Å². The van der Waals surface area contributed by atoms with E-state index in [9.17, 15) is 0 Å². The number of rotatable bonds is 4. The Kier molecular flexibility index (Phi) is 7.39. The van der Waals surface area contributed by atoms with Crippen LogP contribution in [-0.4, -0.2) is 0 Å². The first-order chi connectivity index (χ1) is 8.69. The van der Waals surface area contributed by atoms with Gasteiger partial charge >= 0.3 is 0 Å². The van der Waals surface area contributed by atoms with Gasteiger partial charge in [-0.05, 0) is 49.4 Å². The Morgan fingerprint density at radius 3 is 1.39 bits per heavy atom. The van der Waals surface area contributed by atoms with Crippen molar-refractivity contribution >= 4 is 0 Å². The van der Waals surface area contributed by atoms with Crippen LogP contribution in [0.5, 0.6) is 0 Å². The van der Waals surface area contributed by atoms with Crippen LogP contribution in [-0.2, 0) is 0 Å². The maximum Gasteiger partial charge on any atom is -0.0322 e. The monoisotopic (exact) mass is 248 g/mol. The maximum absolute atomic E-state index is 3.76. The molecule has 0 aliphatic heterocycles. The summed E-state index contributed by atoms with van der Waals surface area (Å²) < 4.78 is 0. The summed E-state index contributed by atoms with van der Waals surface area (Å²) in [6.45, 7) is 12.2. The van der Waals surface area contributed by atoms with Crippen molar-refractivity contribution in [1.29, 1.82) is 0 Å². The van der Waals surface area contributed by atoms with E-state index < -0.39 is 0 Å². The fourth-order valence-electron chi connectivity index (χ4n) is 3.57. The molecule has 2 saturated carbocycles. The molecule has 4 atom stereocenters. The molecule has 0 bridgehead atoms. The molecule has 0 nitrogen and oxygen atoms in total. The van der Waals surface area contributed by atoms with Gasteiger partial charge in [0.25, 0.3) is 0 Å². The number of hydrogen-bond donors (Lipinski definition) is 0. The van der Waals surface area contributed by atoms with Crippen molar-refractivity contribution in [3.63, 3.8) is 0 Å². The second-order valence-electron chi connectivity index (χ2n) is 6.39. The zero-order valence-corrected chi connectivity index (χ0v) is 12.5. The van der Waals surface area contributed by atoms with Crippen molar-refractivity contribution in [3.05, 3.63) is 25.3 Å². The largest absolute Gasteiger partial charge is 0.103 e. The lowest BCUT2D eigenvalue weighted by Crippen LogP contribution is -2.01. The van der Waals surface area contributed by atoms with Crippen LogP contribution in [0, 0.1) is 23.7 Å². The topological polar surface area (TPSA) is 0 Å². The fourth-order valence-corrected chi connectivity index (χ4v) is 3.57. The minimum absolute atomic E-state index is 0.961. The van der Waals surface area contributed by atoms with Crippen molar-refractivity contribution in [2.45, 2.75) is 65.2 Å². The first-order valence-corrected chi connectivity index (χ1v) is 7.90. The van der Waals surface area contributed by atoms with E-state index in [2.05, 4.69) is 39.2 Å². The molecular weight excluding hydrogens is 216 g/mol. The average Bonchev–Trinajstić information content (AvgIpc) is 2.92. The molecule has 2 aliphatic carbocycles. The third-order valence-electron chi connectivity index (χ3n) is 5.02. The van der Waals surface area contributed by atoms with E-state index in [1.54, 1.807) is 0 Å². The molecule has 0 aromatic rings. The standard InChI is InChI=1S/2C9H16/c2*1-3-5-9-7-4-6-8(9)2/h2*3,8-9H,1,4-7H2,2H3/t2*8-,9+/m10/s1. The van der Waals surface area contributed by atoms with Crippen LogP contribution < -0.4 is 0 Å². The smallest absolute Gasteiger partial charge is 0.0322 e. The highest BCUT2D eigenvalue weighted by molar-refractivity contribution is 4.81. The molecule has 104 valence electrons. The summed E-state index contributed by atoms with van der Waals surface area (Å²) >= 11 is 0. The van der Waals surface area contributed by atoms with Gasteiger partial charge in [-0.15, -0.1) is 13.2 Å². The molecule has 2 fully saturated rings. The molecule has 0 N–H and O–H groups in total. The van der Waals surface area contributed by atoms with Crippen molar-refractivity contribution in [2.75, 3.05) is 0 Å². The van der Waals surface area contributed by atoms with Gasteiger partial charge in [0, 0.05) is 0 Å². The van der Waals surface area contributed by atoms with Gasteiger partial charge in [-0.25, -0.2) is 0 Å². The minimum atomic E-state index is 0.961. The molecule has 0 heteroatoms. The summed E-state index contributed by atoms with van der Waals surface area (Å²) in [6, 6.07) is 0. The Balaban J connectivity index is 0.000000180. The van der Waals surface area contributed by atoms with Crippen LogP contribution >= 0.6 is 0 Å². The van der Waals surface area contributed by atoms with Gasteiger partial charge in [-0.1, -0.05) is 51.7 Å². The van der Waals surface area contributed by atoms with Gasteiger partial charge in [-0.3, -0.25) is 0 Å². The lowest BCUT2D eigenvalue weighted by molar-refractivity contribution is 0.424. The Bertz CT molecular complexity index is 214. The molecule has 18 heavy (non-hydrogen) atoms. The maximum atomic E-state index is 3.76. The summed E-state index contributed by atoms with van der Waals surface area (Å²) in [7, 11) is 0. The van der Waals surface area contributed by atoms with E-state index in [-0.39, 0.29) is 0 Å². The summed E-state index contributed by atoms with van der Waals surface area (Å²) in [6.07, 6.45) is 15.2. The zero-order valence-electron chi connectivity index (χ0n) is 12.5. The van der Waals surface area contributed by atoms with Crippen molar-refractivity contribution < 1.29 is 0 Å². The molecule has 2 rings (SSSR count). The van der Waals surface area contributed by atoms with Crippen LogP contribution in [0.15, 0.2) is 25.3 Å². The Hall–Kier alpha value is -0.520. The second-order valence-corrected chi connectivity index (χ2v) is 6.39.